The van der Waals surface area contributed by atoms with E-state index in [4.69, 9.17) is 0 Å². The molecule has 1 fully saturated rings. The molecule has 1 aliphatic carbocycles. The first-order valence-electron chi connectivity index (χ1n) is 6.11. The van der Waals surface area contributed by atoms with Crippen molar-refractivity contribution in [1.82, 2.24) is 5.32 Å². The molecule has 1 aliphatic rings. The molecular weight excluding hydrogens is 270 g/mol. The Kier molecular flexibility index (Phi) is 4.42. The van der Waals surface area contributed by atoms with Gasteiger partial charge in [-0.2, -0.15) is 11.3 Å². The van der Waals surface area contributed by atoms with Crippen LogP contribution in [-0.2, 0) is 9.84 Å². The van der Waals surface area contributed by atoms with Gasteiger partial charge in [-0.25, -0.2) is 8.42 Å². The molecule has 1 heterocycles. The lowest BCUT2D eigenvalue weighted by atomic mass is 10.2. The van der Waals surface area contributed by atoms with Crippen LogP contribution in [0.25, 0.3) is 0 Å². The minimum absolute atomic E-state index is 0.0201. The molecule has 1 aromatic heterocycles. The first-order chi connectivity index (χ1) is 8.48. The minimum Gasteiger partial charge on any atom is -0.387 e. The van der Waals surface area contributed by atoms with E-state index in [2.05, 4.69) is 5.32 Å². The number of nitrogens with one attached hydrogen (secondary N) is 1. The van der Waals surface area contributed by atoms with E-state index in [1.807, 2.05) is 16.8 Å². The fraction of sp³-hybridized carbons (Fsp3) is 0.667. The summed E-state index contributed by atoms with van der Waals surface area (Å²) in [5, 5.41) is 16.7. The smallest absolute Gasteiger partial charge is 0.151 e. The third-order valence-electron chi connectivity index (χ3n) is 3.50. The molecule has 2 N–H and O–H groups in total. The van der Waals surface area contributed by atoms with E-state index in [1.54, 1.807) is 11.3 Å². The van der Waals surface area contributed by atoms with Crippen molar-refractivity contribution >= 4 is 21.2 Å². The van der Waals surface area contributed by atoms with Gasteiger partial charge in [0.25, 0.3) is 0 Å². The number of aliphatic hydroxyl groups is 1. The number of sulfone groups is 1. The number of thiophene rings is 1. The van der Waals surface area contributed by atoms with Gasteiger partial charge in [0, 0.05) is 18.8 Å². The van der Waals surface area contributed by atoms with Crippen molar-refractivity contribution in [3.63, 3.8) is 0 Å². The zero-order chi connectivity index (χ0) is 13.2. The van der Waals surface area contributed by atoms with Crippen molar-refractivity contribution in [2.45, 2.75) is 36.7 Å². The van der Waals surface area contributed by atoms with Gasteiger partial charge >= 0.3 is 0 Å². The monoisotopic (exact) mass is 289 g/mol. The van der Waals surface area contributed by atoms with Crippen LogP contribution in [0, 0.1) is 0 Å². The Labute approximate surface area is 112 Å². The minimum atomic E-state index is -3.00. The summed E-state index contributed by atoms with van der Waals surface area (Å²) in [6, 6.07) is 1.87. The van der Waals surface area contributed by atoms with E-state index in [0.717, 1.165) is 24.8 Å². The van der Waals surface area contributed by atoms with Gasteiger partial charge in [-0.3, -0.25) is 0 Å². The summed E-state index contributed by atoms with van der Waals surface area (Å²) < 4.78 is 23.2. The fourth-order valence-electron chi connectivity index (χ4n) is 2.52. The fourth-order valence-corrected chi connectivity index (χ4v) is 4.65. The molecule has 0 bridgehead atoms. The lowest BCUT2D eigenvalue weighted by Crippen LogP contribution is -2.41. The SMILES string of the molecule is CS(=O)(=O)C1CCCC1NCC(O)c1ccsc1. The summed E-state index contributed by atoms with van der Waals surface area (Å²) >= 11 is 1.55. The molecule has 0 aromatic carbocycles. The molecule has 2 rings (SSSR count). The zero-order valence-corrected chi connectivity index (χ0v) is 12.0. The van der Waals surface area contributed by atoms with Crippen LogP contribution < -0.4 is 5.32 Å². The van der Waals surface area contributed by atoms with Crippen molar-refractivity contribution in [2.24, 2.45) is 0 Å². The number of aliphatic hydroxyl groups excluding tert-OH is 1. The normalized spacial score (nSPS) is 26.3. The number of hydrogen-bond acceptors (Lipinski definition) is 5. The largest absolute Gasteiger partial charge is 0.387 e. The Balaban J connectivity index is 1.90. The number of hydrogen-bond donors (Lipinski definition) is 2. The Morgan fingerprint density at radius 2 is 2.33 bits per heavy atom. The molecular formula is C12H19NO3S2. The highest BCUT2D eigenvalue weighted by atomic mass is 32.2. The van der Waals surface area contributed by atoms with Gasteiger partial charge in [0.15, 0.2) is 9.84 Å². The average Bonchev–Trinajstić information content (AvgIpc) is 2.95. The molecule has 0 radical (unpaired) electrons. The van der Waals surface area contributed by atoms with Crippen LogP contribution >= 0.6 is 11.3 Å². The van der Waals surface area contributed by atoms with Gasteiger partial charge in [0.2, 0.25) is 0 Å². The van der Waals surface area contributed by atoms with E-state index in [1.165, 1.54) is 6.26 Å². The van der Waals surface area contributed by atoms with Crippen LogP contribution in [0.2, 0.25) is 0 Å². The summed E-state index contributed by atoms with van der Waals surface area (Å²) in [5.74, 6) is 0. The maximum atomic E-state index is 11.6. The van der Waals surface area contributed by atoms with Crippen molar-refractivity contribution in [3.8, 4) is 0 Å². The third-order valence-corrected chi connectivity index (χ3v) is 5.87. The van der Waals surface area contributed by atoms with Gasteiger partial charge < -0.3 is 10.4 Å². The van der Waals surface area contributed by atoms with Crippen LogP contribution in [0.15, 0.2) is 16.8 Å². The van der Waals surface area contributed by atoms with Crippen molar-refractivity contribution in [1.29, 1.82) is 0 Å². The van der Waals surface area contributed by atoms with E-state index >= 15 is 0 Å². The summed E-state index contributed by atoms with van der Waals surface area (Å²) in [7, 11) is -3.00. The lowest BCUT2D eigenvalue weighted by Gasteiger charge is -2.21. The van der Waals surface area contributed by atoms with Crippen molar-refractivity contribution < 1.29 is 13.5 Å². The van der Waals surface area contributed by atoms with Gasteiger partial charge in [0.05, 0.1) is 11.4 Å². The van der Waals surface area contributed by atoms with E-state index in [0.29, 0.717) is 6.54 Å². The molecule has 3 unspecified atom stereocenters. The predicted molar refractivity (Wildman–Crippen MR) is 73.6 cm³/mol. The third kappa shape index (κ3) is 3.32. The second-order valence-corrected chi connectivity index (χ2v) is 7.93. The highest BCUT2D eigenvalue weighted by molar-refractivity contribution is 7.91. The van der Waals surface area contributed by atoms with Crippen molar-refractivity contribution in [3.05, 3.63) is 22.4 Å². The maximum absolute atomic E-state index is 11.6. The zero-order valence-electron chi connectivity index (χ0n) is 10.4. The second kappa shape index (κ2) is 5.69. The molecule has 18 heavy (non-hydrogen) atoms. The van der Waals surface area contributed by atoms with Crippen molar-refractivity contribution in [2.75, 3.05) is 12.8 Å². The average molecular weight is 289 g/mol. The predicted octanol–water partition coefficient (Wildman–Crippen LogP) is 1.34. The van der Waals surface area contributed by atoms with E-state index in [-0.39, 0.29) is 11.3 Å². The molecule has 1 saturated carbocycles. The van der Waals surface area contributed by atoms with Gasteiger partial charge in [-0.1, -0.05) is 6.42 Å². The Bertz CT molecular complexity index is 470. The van der Waals surface area contributed by atoms with Gasteiger partial charge in [-0.15, -0.1) is 0 Å². The Hall–Kier alpha value is -0.430. The summed E-state index contributed by atoms with van der Waals surface area (Å²) in [5.41, 5.74) is 0.890. The topological polar surface area (TPSA) is 66.4 Å². The summed E-state index contributed by atoms with van der Waals surface area (Å²) in [6.07, 6.45) is 3.27. The Morgan fingerprint density at radius 1 is 1.56 bits per heavy atom. The van der Waals surface area contributed by atoms with E-state index in [9.17, 15) is 13.5 Å². The molecule has 6 heteroatoms. The van der Waals surface area contributed by atoms with Gasteiger partial charge in [0.1, 0.15) is 0 Å². The van der Waals surface area contributed by atoms with Crippen LogP contribution in [0.4, 0.5) is 0 Å². The molecule has 0 aliphatic heterocycles. The highest BCUT2D eigenvalue weighted by Crippen LogP contribution is 2.25. The lowest BCUT2D eigenvalue weighted by molar-refractivity contribution is 0.170. The summed E-state index contributed by atoms with van der Waals surface area (Å²) in [4.78, 5) is 0. The summed E-state index contributed by atoms with van der Waals surface area (Å²) in [6.45, 7) is 0.410. The Morgan fingerprint density at radius 3 is 2.94 bits per heavy atom. The maximum Gasteiger partial charge on any atom is 0.151 e. The molecule has 3 atom stereocenters. The van der Waals surface area contributed by atoms with E-state index < -0.39 is 15.9 Å². The van der Waals surface area contributed by atoms with Crippen LogP contribution in [0.5, 0.6) is 0 Å². The first kappa shape index (κ1) is 14.0. The number of rotatable bonds is 5. The van der Waals surface area contributed by atoms with Crippen LogP contribution in [-0.4, -0.2) is 37.6 Å². The molecule has 0 saturated heterocycles. The molecule has 4 nitrogen and oxygen atoms in total. The van der Waals surface area contributed by atoms with Crippen LogP contribution in [0.3, 0.4) is 0 Å². The molecule has 102 valence electrons. The highest BCUT2D eigenvalue weighted by Gasteiger charge is 2.34. The first-order valence-corrected chi connectivity index (χ1v) is 9.00. The molecule has 0 spiro atoms. The standard InChI is InChI=1S/C12H19NO3S2/c1-18(15,16)12-4-2-3-10(12)13-7-11(14)9-5-6-17-8-9/h5-6,8,10-14H,2-4,7H2,1H3. The second-order valence-electron chi connectivity index (χ2n) is 4.89. The molecule has 0 amide bonds. The van der Waals surface area contributed by atoms with Crippen LogP contribution in [0.1, 0.15) is 30.9 Å². The molecule has 1 aromatic rings. The van der Waals surface area contributed by atoms with Gasteiger partial charge in [-0.05, 0) is 35.2 Å². The quantitative estimate of drug-likeness (QED) is 0.858.